The molecule has 7 heteroatoms. The molecule has 32 heavy (non-hydrogen) atoms. The summed E-state index contributed by atoms with van der Waals surface area (Å²) in [7, 11) is -3.55. The molecular formula is C25H33NO5S. The van der Waals surface area contributed by atoms with Crippen LogP contribution in [0, 0.1) is 5.92 Å². The molecule has 2 aromatic rings. The second-order valence-electron chi connectivity index (χ2n) is 8.76. The number of nitrogens with zero attached hydrogens (tertiary/aromatic N) is 1. The summed E-state index contributed by atoms with van der Waals surface area (Å²) in [6, 6.07) is 11.2. The van der Waals surface area contributed by atoms with Gasteiger partial charge >= 0.3 is 0 Å². The first-order valence-electron chi connectivity index (χ1n) is 11.4. The molecule has 6 nitrogen and oxygen atoms in total. The standard InChI is InChI=1S/C25H33NO5S/c1-3-19-4-6-24-21(13-19)12-18(2)26(24)32(29,17-28)23-5-7-25(22(14-23)15-27)31-16-20-8-10-30-11-9-20/h4-7,13-14,17-18,20,27,32H,3,8-12,15-16H2,1-2H3. The second-order valence-corrected chi connectivity index (χ2v) is 11.2. The highest BCUT2D eigenvalue weighted by molar-refractivity contribution is 8.16. The van der Waals surface area contributed by atoms with Crippen molar-refractivity contribution in [1.82, 2.24) is 0 Å². The van der Waals surface area contributed by atoms with Gasteiger partial charge in [-0.15, -0.1) is 0 Å². The smallest absolute Gasteiger partial charge is 0.203 e. The van der Waals surface area contributed by atoms with Crippen LogP contribution >= 0.6 is 0 Å². The number of benzene rings is 2. The van der Waals surface area contributed by atoms with E-state index in [9.17, 15) is 14.1 Å². The van der Waals surface area contributed by atoms with E-state index in [4.69, 9.17) is 9.47 Å². The molecule has 0 amide bonds. The van der Waals surface area contributed by atoms with E-state index in [1.807, 2.05) is 19.1 Å². The van der Waals surface area contributed by atoms with Gasteiger partial charge in [-0.2, -0.15) is 0 Å². The number of aliphatic hydroxyl groups excluding tert-OH is 1. The minimum atomic E-state index is -3.55. The van der Waals surface area contributed by atoms with E-state index >= 15 is 0 Å². The van der Waals surface area contributed by atoms with Gasteiger partial charge in [-0.1, -0.05) is 19.1 Å². The van der Waals surface area contributed by atoms with E-state index < -0.39 is 10.1 Å². The van der Waals surface area contributed by atoms with Gasteiger partial charge in [-0.05, 0) is 73.9 Å². The Morgan fingerprint density at radius 1 is 1.22 bits per heavy atom. The molecule has 0 spiro atoms. The molecule has 174 valence electrons. The predicted octanol–water partition coefficient (Wildman–Crippen LogP) is 3.48. The van der Waals surface area contributed by atoms with Crippen LogP contribution in [-0.4, -0.2) is 40.8 Å². The molecule has 2 aliphatic heterocycles. The van der Waals surface area contributed by atoms with Crippen molar-refractivity contribution in [3.05, 3.63) is 53.1 Å². The van der Waals surface area contributed by atoms with Gasteiger partial charge in [0.1, 0.15) is 5.75 Å². The van der Waals surface area contributed by atoms with Crippen LogP contribution in [-0.2, 0) is 39.1 Å². The summed E-state index contributed by atoms with van der Waals surface area (Å²) in [4.78, 5) is 12.7. The number of rotatable bonds is 8. The fourth-order valence-electron chi connectivity index (χ4n) is 4.73. The number of fused-ring (bicyclic) bond motifs is 1. The second kappa shape index (κ2) is 9.73. The molecule has 0 aliphatic carbocycles. The molecule has 0 radical (unpaired) electrons. The van der Waals surface area contributed by atoms with Crippen LogP contribution in [0.15, 0.2) is 41.3 Å². The largest absolute Gasteiger partial charge is 0.493 e. The molecule has 4 rings (SSSR count). The molecule has 2 aromatic carbocycles. The lowest BCUT2D eigenvalue weighted by Gasteiger charge is -2.35. The Morgan fingerprint density at radius 3 is 2.69 bits per heavy atom. The van der Waals surface area contributed by atoms with Crippen molar-refractivity contribution < 1.29 is 23.6 Å². The topological polar surface area (TPSA) is 76.1 Å². The Kier molecular flexibility index (Phi) is 6.98. The van der Waals surface area contributed by atoms with E-state index in [1.54, 1.807) is 22.5 Å². The maximum atomic E-state index is 14.1. The van der Waals surface area contributed by atoms with E-state index in [1.165, 1.54) is 5.56 Å². The average molecular weight is 460 g/mol. The molecule has 0 bridgehead atoms. The van der Waals surface area contributed by atoms with Gasteiger partial charge in [0.25, 0.3) is 0 Å². The van der Waals surface area contributed by atoms with Gasteiger partial charge in [-0.25, -0.2) is 0 Å². The minimum Gasteiger partial charge on any atom is -0.493 e. The lowest BCUT2D eigenvalue weighted by atomic mass is 10.0. The van der Waals surface area contributed by atoms with Crippen molar-refractivity contribution in [3.8, 4) is 5.75 Å². The van der Waals surface area contributed by atoms with Crippen molar-refractivity contribution in [1.29, 1.82) is 0 Å². The molecule has 2 aliphatic rings. The van der Waals surface area contributed by atoms with Crippen molar-refractivity contribution >= 4 is 21.4 Å². The Bertz CT molecular complexity index is 1020. The number of carbonyl (C=O) groups excluding carboxylic acids is 1. The maximum Gasteiger partial charge on any atom is 0.203 e. The first kappa shape index (κ1) is 23.0. The van der Waals surface area contributed by atoms with Crippen LogP contribution in [0.2, 0.25) is 0 Å². The Labute approximate surface area is 191 Å². The zero-order valence-corrected chi connectivity index (χ0v) is 19.7. The number of aliphatic hydroxyl groups is 1. The number of carbonyl (C=O) groups is 1. The van der Waals surface area contributed by atoms with Gasteiger partial charge in [-0.3, -0.25) is 9.00 Å². The third-order valence-corrected chi connectivity index (χ3v) is 9.15. The number of thiol groups is 1. The van der Waals surface area contributed by atoms with E-state index in [-0.39, 0.29) is 12.6 Å². The van der Waals surface area contributed by atoms with Crippen LogP contribution in [0.1, 0.15) is 43.4 Å². The van der Waals surface area contributed by atoms with Crippen LogP contribution < -0.4 is 9.04 Å². The van der Waals surface area contributed by atoms with Crippen LogP contribution in [0.4, 0.5) is 5.69 Å². The van der Waals surface area contributed by atoms with Crippen molar-refractivity contribution in [3.63, 3.8) is 0 Å². The lowest BCUT2D eigenvalue weighted by molar-refractivity contribution is 0.0494. The zero-order valence-electron chi connectivity index (χ0n) is 18.8. The summed E-state index contributed by atoms with van der Waals surface area (Å²) in [6.45, 7) is 5.91. The summed E-state index contributed by atoms with van der Waals surface area (Å²) < 4.78 is 27.3. The number of hydrogen-bond acceptors (Lipinski definition) is 5. The fourth-order valence-corrected chi connectivity index (χ4v) is 7.01. The van der Waals surface area contributed by atoms with E-state index in [0.717, 1.165) is 50.1 Å². The molecule has 1 unspecified atom stereocenters. The number of aryl methyl sites for hydroxylation is 1. The molecule has 0 aromatic heterocycles. The molecule has 0 saturated carbocycles. The normalized spacial score (nSPS) is 19.6. The third kappa shape index (κ3) is 4.34. The van der Waals surface area contributed by atoms with Crippen LogP contribution in [0.5, 0.6) is 5.75 Å². The predicted molar refractivity (Wildman–Crippen MR) is 127 cm³/mol. The Balaban J connectivity index is 1.62. The van der Waals surface area contributed by atoms with Crippen molar-refractivity contribution in [2.24, 2.45) is 5.92 Å². The zero-order chi connectivity index (χ0) is 22.7. The first-order valence-corrected chi connectivity index (χ1v) is 13.2. The molecule has 1 N–H and O–H groups in total. The van der Waals surface area contributed by atoms with Crippen molar-refractivity contribution in [2.45, 2.75) is 57.1 Å². The van der Waals surface area contributed by atoms with Crippen LogP contribution in [0.25, 0.3) is 0 Å². The van der Waals surface area contributed by atoms with E-state index in [0.29, 0.717) is 34.4 Å². The Hall–Kier alpha value is -2.22. The molecule has 1 saturated heterocycles. The van der Waals surface area contributed by atoms with Crippen LogP contribution in [0.3, 0.4) is 0 Å². The highest BCUT2D eigenvalue weighted by Gasteiger charge is 2.36. The molecule has 1 fully saturated rings. The van der Waals surface area contributed by atoms with Gasteiger partial charge in [0.15, 0.2) is 0 Å². The molecule has 2 heterocycles. The number of hydrogen-bond donors (Lipinski definition) is 2. The summed E-state index contributed by atoms with van der Waals surface area (Å²) in [5, 5.41) is 9.96. The number of anilines is 1. The average Bonchev–Trinajstić information content (AvgIpc) is 3.17. The monoisotopic (exact) mass is 459 g/mol. The highest BCUT2D eigenvalue weighted by Crippen LogP contribution is 2.40. The van der Waals surface area contributed by atoms with E-state index in [2.05, 4.69) is 13.0 Å². The maximum absolute atomic E-state index is 14.1. The quantitative estimate of drug-likeness (QED) is 0.467. The summed E-state index contributed by atoms with van der Waals surface area (Å²) in [5.41, 5.74) is 4.34. The van der Waals surface area contributed by atoms with Gasteiger partial charge in [0.2, 0.25) is 5.62 Å². The lowest BCUT2D eigenvalue weighted by Crippen LogP contribution is -2.42. The molecule has 1 atom stereocenters. The van der Waals surface area contributed by atoms with Crippen molar-refractivity contribution in [2.75, 3.05) is 24.1 Å². The number of ether oxygens (including phenoxy) is 2. The first-order chi connectivity index (χ1) is 15.5. The summed E-state index contributed by atoms with van der Waals surface area (Å²) in [5.74, 6) is 0.994. The van der Waals surface area contributed by atoms with Gasteiger partial charge in [0.05, 0.1) is 18.9 Å². The highest BCUT2D eigenvalue weighted by atomic mass is 32.3. The van der Waals surface area contributed by atoms with Gasteiger partial charge < -0.3 is 18.9 Å². The summed E-state index contributed by atoms with van der Waals surface area (Å²) in [6.07, 6.45) is 3.60. The van der Waals surface area contributed by atoms with Gasteiger partial charge in [0, 0.05) is 39.8 Å². The SMILES string of the molecule is CCc1ccc2c(c1)CC(C)N2[SH](=O)(C=O)c1ccc(OCC2CCOCC2)c(CO)c1. The third-order valence-electron chi connectivity index (χ3n) is 6.59. The Morgan fingerprint density at radius 2 is 2.00 bits per heavy atom. The molecular weight excluding hydrogens is 426 g/mol. The minimum absolute atomic E-state index is 0.0600. The fraction of sp³-hybridized carbons (Fsp3) is 0.480. The summed E-state index contributed by atoms with van der Waals surface area (Å²) >= 11 is 0.